The molecular weight excluding hydrogens is 689 g/mol. The van der Waals surface area contributed by atoms with Crippen LogP contribution in [0.3, 0.4) is 0 Å². The van der Waals surface area contributed by atoms with Crippen LogP contribution in [0, 0.1) is 0 Å². The van der Waals surface area contributed by atoms with E-state index in [4.69, 9.17) is 0 Å². The van der Waals surface area contributed by atoms with Crippen LogP contribution in [0.15, 0.2) is 182 Å². The van der Waals surface area contributed by atoms with E-state index in [1.165, 1.54) is 117 Å². The van der Waals surface area contributed by atoms with E-state index in [1.807, 2.05) is 22.7 Å². The van der Waals surface area contributed by atoms with Crippen molar-refractivity contribution in [3.63, 3.8) is 0 Å². The Morgan fingerprint density at radius 1 is 0.259 bits per heavy atom. The van der Waals surface area contributed by atoms with Gasteiger partial charge in [0.2, 0.25) is 0 Å². The van der Waals surface area contributed by atoms with Gasteiger partial charge in [-0.15, -0.1) is 22.7 Å². The van der Waals surface area contributed by atoms with E-state index in [-0.39, 0.29) is 0 Å². The molecule has 54 heavy (non-hydrogen) atoms. The van der Waals surface area contributed by atoms with Gasteiger partial charge in [-0.3, -0.25) is 0 Å². The lowest BCUT2D eigenvalue weighted by Gasteiger charge is -2.19. The van der Waals surface area contributed by atoms with Crippen molar-refractivity contribution >= 4 is 106 Å². The molecule has 0 aliphatic carbocycles. The second-order valence-electron chi connectivity index (χ2n) is 14.3. The van der Waals surface area contributed by atoms with Gasteiger partial charge in [-0.2, -0.15) is 0 Å². The fourth-order valence-electron chi connectivity index (χ4n) is 9.19. The van der Waals surface area contributed by atoms with Crippen LogP contribution in [0.4, 0.5) is 0 Å². The minimum atomic E-state index is 1.24. The Morgan fingerprint density at radius 3 is 1.33 bits per heavy atom. The van der Waals surface area contributed by atoms with E-state index >= 15 is 0 Å². The molecule has 0 saturated heterocycles. The Balaban J connectivity index is 1.16. The largest absolute Gasteiger partial charge is 0.134 e. The molecule has 0 fully saturated rings. The van der Waals surface area contributed by atoms with Gasteiger partial charge >= 0.3 is 0 Å². The van der Waals surface area contributed by atoms with Crippen molar-refractivity contribution in [1.29, 1.82) is 0 Å². The second kappa shape index (κ2) is 11.6. The first-order valence-electron chi connectivity index (χ1n) is 18.5. The zero-order chi connectivity index (χ0) is 35.3. The molecule has 0 amide bonds. The van der Waals surface area contributed by atoms with Crippen LogP contribution in [0.5, 0.6) is 0 Å². The molecule has 2 heteroatoms. The lowest BCUT2D eigenvalue weighted by molar-refractivity contribution is 1.64. The molecule has 0 bridgehead atoms. The van der Waals surface area contributed by atoms with Crippen molar-refractivity contribution in [1.82, 2.24) is 0 Å². The number of fused-ring (bicyclic) bond motifs is 13. The summed E-state index contributed by atoms with van der Waals surface area (Å²) in [6, 6.07) is 67.6. The van der Waals surface area contributed by atoms with E-state index in [2.05, 4.69) is 182 Å². The maximum atomic E-state index is 2.48. The monoisotopic (exact) mass is 718 g/mol. The maximum Gasteiger partial charge on any atom is 0.0540 e. The fourth-order valence-corrected chi connectivity index (χ4v) is 11.7. The second-order valence-corrected chi connectivity index (χ2v) is 16.4. The molecule has 0 nitrogen and oxygen atoms in total. The first-order valence-corrected chi connectivity index (χ1v) is 20.1. The highest BCUT2D eigenvalue weighted by molar-refractivity contribution is 7.33. The summed E-state index contributed by atoms with van der Waals surface area (Å²) in [7, 11) is 0. The summed E-state index contributed by atoms with van der Waals surface area (Å²) in [6.07, 6.45) is 0. The van der Waals surface area contributed by atoms with Crippen LogP contribution in [0.1, 0.15) is 0 Å². The van der Waals surface area contributed by atoms with Gasteiger partial charge in [-0.05, 0) is 94.7 Å². The molecule has 250 valence electrons. The van der Waals surface area contributed by atoms with Crippen molar-refractivity contribution in [3.05, 3.63) is 182 Å². The summed E-state index contributed by atoms with van der Waals surface area (Å²) in [5.74, 6) is 0. The molecule has 2 heterocycles. The molecule has 0 aliphatic heterocycles. The summed E-state index contributed by atoms with van der Waals surface area (Å²) in [6.45, 7) is 0. The number of hydrogen-bond acceptors (Lipinski definition) is 2. The Hall–Kier alpha value is -6.32. The molecule has 12 rings (SSSR count). The quantitative estimate of drug-likeness (QED) is 0.160. The summed E-state index contributed by atoms with van der Waals surface area (Å²) < 4.78 is 5.48. The van der Waals surface area contributed by atoms with Crippen LogP contribution < -0.4 is 0 Å². The van der Waals surface area contributed by atoms with Gasteiger partial charge in [0.1, 0.15) is 0 Å². The first-order chi connectivity index (χ1) is 26.8. The van der Waals surface area contributed by atoms with E-state index < -0.39 is 0 Å². The summed E-state index contributed by atoms with van der Waals surface area (Å²) in [5, 5.41) is 15.8. The van der Waals surface area contributed by atoms with Crippen molar-refractivity contribution in [2.45, 2.75) is 0 Å². The van der Waals surface area contributed by atoms with Gasteiger partial charge in [-0.1, -0.05) is 164 Å². The van der Waals surface area contributed by atoms with Crippen molar-refractivity contribution in [2.24, 2.45) is 0 Å². The van der Waals surface area contributed by atoms with Gasteiger partial charge in [0, 0.05) is 30.9 Å². The normalized spacial score (nSPS) is 12.1. The van der Waals surface area contributed by atoms with E-state index in [9.17, 15) is 0 Å². The van der Waals surface area contributed by atoms with E-state index in [0.29, 0.717) is 0 Å². The standard InChI is InChI=1S/C52H30S2/c1-2-14-31(15-3-1)33-27-28-42(35-17-5-4-16-34(33)35)48-38-20-8-6-18-36(38)47(37-19-7-9-21-39(37)48)32-26-29-46-44(30-32)50-41-23-11-10-22-40(41)49-43-24-12-13-25-45(43)53-51(49)52(50)54-46/h1-30H. The Morgan fingerprint density at radius 2 is 0.704 bits per heavy atom. The molecule has 10 aromatic carbocycles. The van der Waals surface area contributed by atoms with Crippen LogP contribution in [0.2, 0.25) is 0 Å². The Bertz CT molecular complexity index is 3430. The van der Waals surface area contributed by atoms with Crippen molar-refractivity contribution in [3.8, 4) is 33.4 Å². The van der Waals surface area contributed by atoms with E-state index in [0.717, 1.165) is 0 Å². The van der Waals surface area contributed by atoms with Crippen LogP contribution in [0.25, 0.3) is 117 Å². The Labute approximate surface area is 319 Å². The average Bonchev–Trinajstić information content (AvgIpc) is 3.82. The molecule has 0 spiro atoms. The fraction of sp³-hybridized carbons (Fsp3) is 0. The predicted molar refractivity (Wildman–Crippen MR) is 239 cm³/mol. The Kier molecular flexibility index (Phi) is 6.48. The number of thiophene rings is 2. The van der Waals surface area contributed by atoms with Crippen LogP contribution in [-0.4, -0.2) is 0 Å². The molecule has 0 radical (unpaired) electrons. The average molecular weight is 719 g/mol. The third kappa shape index (κ3) is 4.24. The number of rotatable bonds is 3. The SMILES string of the molecule is c1ccc(-c2ccc(-c3c4ccccc4c(-c4ccc5sc6c7sc8ccccc8c7c7ccccc7c6c5c4)c4ccccc34)c3ccccc23)cc1. The first kappa shape index (κ1) is 30.2. The van der Waals surface area contributed by atoms with Crippen molar-refractivity contribution < 1.29 is 0 Å². The molecule has 0 atom stereocenters. The minimum absolute atomic E-state index is 1.24. The van der Waals surface area contributed by atoms with Gasteiger partial charge in [0.15, 0.2) is 0 Å². The minimum Gasteiger partial charge on any atom is -0.134 e. The third-order valence-electron chi connectivity index (χ3n) is 11.5. The van der Waals surface area contributed by atoms with Gasteiger partial charge in [0.25, 0.3) is 0 Å². The smallest absolute Gasteiger partial charge is 0.0540 e. The van der Waals surface area contributed by atoms with E-state index in [1.54, 1.807) is 0 Å². The van der Waals surface area contributed by atoms with Crippen LogP contribution in [-0.2, 0) is 0 Å². The van der Waals surface area contributed by atoms with Gasteiger partial charge in [-0.25, -0.2) is 0 Å². The zero-order valence-corrected chi connectivity index (χ0v) is 30.8. The topological polar surface area (TPSA) is 0 Å². The molecule has 12 aromatic rings. The maximum absolute atomic E-state index is 2.48. The summed E-state index contributed by atoms with van der Waals surface area (Å²) in [4.78, 5) is 0. The predicted octanol–water partition coefficient (Wildman–Crippen LogP) is 16.0. The highest BCUT2D eigenvalue weighted by Gasteiger charge is 2.21. The van der Waals surface area contributed by atoms with Crippen molar-refractivity contribution in [2.75, 3.05) is 0 Å². The third-order valence-corrected chi connectivity index (χ3v) is 14.0. The highest BCUT2D eigenvalue weighted by Crippen LogP contribution is 2.51. The number of hydrogen-bond donors (Lipinski definition) is 0. The number of benzene rings is 10. The summed E-state index contributed by atoms with van der Waals surface area (Å²) in [5.41, 5.74) is 7.61. The van der Waals surface area contributed by atoms with Gasteiger partial charge < -0.3 is 0 Å². The molecular formula is C52H30S2. The lowest BCUT2D eigenvalue weighted by atomic mass is 9.83. The zero-order valence-electron chi connectivity index (χ0n) is 29.1. The highest BCUT2D eigenvalue weighted by atomic mass is 32.1. The lowest BCUT2D eigenvalue weighted by Crippen LogP contribution is -1.92. The molecule has 0 saturated carbocycles. The molecule has 0 N–H and O–H groups in total. The van der Waals surface area contributed by atoms with Gasteiger partial charge in [0.05, 0.1) is 9.40 Å². The molecule has 0 unspecified atom stereocenters. The molecule has 0 aliphatic rings. The molecule has 2 aromatic heterocycles. The summed E-state index contributed by atoms with van der Waals surface area (Å²) >= 11 is 3.88. The van der Waals surface area contributed by atoms with Crippen LogP contribution >= 0.6 is 22.7 Å².